The zero-order valence-corrected chi connectivity index (χ0v) is 11.3. The Morgan fingerprint density at radius 3 is 2.44 bits per heavy atom. The van der Waals surface area contributed by atoms with Gasteiger partial charge < -0.3 is 10.8 Å². The lowest BCUT2D eigenvalue weighted by molar-refractivity contribution is -0.119. The standard InChI is InChI=1S/C9H12N2O5S2/c1-4-3-6(17-7(4)9(13)14)18(15,16)11-5(2)8(10)12/h3,5,11H,1-2H3,(H2,10,12)(H,13,14). The number of carbonyl (C=O) groups excluding carboxylic acids is 1. The maximum absolute atomic E-state index is 11.8. The van der Waals surface area contributed by atoms with Crippen LogP contribution in [0.15, 0.2) is 10.3 Å². The van der Waals surface area contributed by atoms with E-state index < -0.39 is 27.9 Å². The minimum atomic E-state index is -3.94. The van der Waals surface area contributed by atoms with Gasteiger partial charge in [0.05, 0.1) is 6.04 Å². The summed E-state index contributed by atoms with van der Waals surface area (Å²) in [6, 6.07) is 0.176. The number of carbonyl (C=O) groups is 2. The van der Waals surface area contributed by atoms with Crippen molar-refractivity contribution >= 4 is 33.2 Å². The highest BCUT2D eigenvalue weighted by molar-refractivity contribution is 7.91. The maximum Gasteiger partial charge on any atom is 0.346 e. The zero-order chi connectivity index (χ0) is 14.1. The Labute approximate surface area is 108 Å². The first kappa shape index (κ1) is 14.6. The van der Waals surface area contributed by atoms with Crippen molar-refractivity contribution in [2.75, 3.05) is 0 Å². The molecule has 0 fully saturated rings. The van der Waals surface area contributed by atoms with Crippen molar-refractivity contribution in [3.63, 3.8) is 0 Å². The molecule has 0 aromatic carbocycles. The molecular weight excluding hydrogens is 280 g/mol. The van der Waals surface area contributed by atoms with Crippen molar-refractivity contribution in [1.29, 1.82) is 0 Å². The Morgan fingerprint density at radius 1 is 1.50 bits per heavy atom. The second-order valence-corrected chi connectivity index (χ2v) is 6.62. The molecule has 0 spiro atoms. The van der Waals surface area contributed by atoms with E-state index in [0.717, 1.165) is 0 Å². The number of carboxylic acid groups (broad SMARTS) is 1. The Hall–Kier alpha value is -1.45. The van der Waals surface area contributed by atoms with Gasteiger partial charge in [0.25, 0.3) is 10.0 Å². The number of hydrogen-bond acceptors (Lipinski definition) is 5. The van der Waals surface area contributed by atoms with Crippen LogP contribution in [0.3, 0.4) is 0 Å². The van der Waals surface area contributed by atoms with Crippen molar-refractivity contribution in [2.24, 2.45) is 5.73 Å². The van der Waals surface area contributed by atoms with E-state index in [-0.39, 0.29) is 9.09 Å². The molecule has 1 atom stereocenters. The number of nitrogens with two attached hydrogens (primary N) is 1. The predicted octanol–water partition coefficient (Wildman–Crippen LogP) is -0.0932. The molecule has 4 N–H and O–H groups in total. The molecule has 0 saturated heterocycles. The fourth-order valence-electron chi connectivity index (χ4n) is 1.15. The van der Waals surface area contributed by atoms with E-state index in [4.69, 9.17) is 10.8 Å². The number of thiophene rings is 1. The first-order valence-electron chi connectivity index (χ1n) is 4.80. The van der Waals surface area contributed by atoms with Crippen LogP contribution in [0.2, 0.25) is 0 Å². The van der Waals surface area contributed by atoms with Crippen LogP contribution in [0.5, 0.6) is 0 Å². The van der Waals surface area contributed by atoms with Gasteiger partial charge in [0, 0.05) is 0 Å². The lowest BCUT2D eigenvalue weighted by Gasteiger charge is -2.08. The van der Waals surface area contributed by atoms with E-state index in [1.807, 2.05) is 0 Å². The minimum Gasteiger partial charge on any atom is -0.477 e. The molecule has 1 heterocycles. The minimum absolute atomic E-state index is 0.0536. The topological polar surface area (TPSA) is 127 Å². The van der Waals surface area contributed by atoms with Gasteiger partial charge >= 0.3 is 5.97 Å². The van der Waals surface area contributed by atoms with E-state index in [2.05, 4.69) is 4.72 Å². The summed E-state index contributed by atoms with van der Waals surface area (Å²) in [7, 11) is -3.94. The Bertz CT molecular complexity index is 590. The lowest BCUT2D eigenvalue weighted by Crippen LogP contribution is -2.41. The predicted molar refractivity (Wildman–Crippen MR) is 65.0 cm³/mol. The van der Waals surface area contributed by atoms with Crippen LogP contribution < -0.4 is 10.5 Å². The summed E-state index contributed by atoms with van der Waals surface area (Å²) < 4.78 is 25.6. The summed E-state index contributed by atoms with van der Waals surface area (Å²) in [5.74, 6) is -2.01. The molecule has 0 aliphatic carbocycles. The number of carboxylic acids is 1. The van der Waals surface area contributed by atoms with Crippen molar-refractivity contribution in [2.45, 2.75) is 24.1 Å². The number of sulfonamides is 1. The molecule has 9 heteroatoms. The van der Waals surface area contributed by atoms with E-state index in [1.165, 1.54) is 19.9 Å². The molecule has 0 radical (unpaired) electrons. The lowest BCUT2D eigenvalue weighted by atomic mass is 10.3. The van der Waals surface area contributed by atoms with Gasteiger partial charge in [-0.1, -0.05) is 0 Å². The quantitative estimate of drug-likeness (QED) is 0.699. The first-order valence-corrected chi connectivity index (χ1v) is 7.10. The summed E-state index contributed by atoms with van der Waals surface area (Å²) in [5, 5.41) is 8.84. The van der Waals surface area contributed by atoms with Gasteiger partial charge in [-0.2, -0.15) is 4.72 Å². The van der Waals surface area contributed by atoms with Gasteiger partial charge in [-0.25, -0.2) is 13.2 Å². The summed E-state index contributed by atoms with van der Waals surface area (Å²) in [5.41, 5.74) is 5.29. The van der Waals surface area contributed by atoms with Gasteiger partial charge in [0.2, 0.25) is 5.91 Å². The van der Waals surface area contributed by atoms with Crippen LogP contribution in [0.1, 0.15) is 22.2 Å². The van der Waals surface area contributed by atoms with E-state index in [9.17, 15) is 18.0 Å². The Balaban J connectivity index is 3.10. The van der Waals surface area contributed by atoms with Crippen LogP contribution in [0.4, 0.5) is 0 Å². The molecule has 1 aromatic rings. The van der Waals surface area contributed by atoms with Crippen LogP contribution >= 0.6 is 11.3 Å². The van der Waals surface area contributed by atoms with Crippen LogP contribution in [0.25, 0.3) is 0 Å². The summed E-state index contributed by atoms with van der Waals surface area (Å²) in [4.78, 5) is 21.6. The largest absolute Gasteiger partial charge is 0.477 e. The third-order valence-corrected chi connectivity index (χ3v) is 5.35. The average Bonchev–Trinajstić information content (AvgIpc) is 2.60. The molecule has 100 valence electrons. The summed E-state index contributed by atoms with van der Waals surface area (Å²) >= 11 is 0.626. The van der Waals surface area contributed by atoms with Gasteiger partial charge in [-0.15, -0.1) is 11.3 Å². The Kier molecular flexibility index (Phi) is 4.09. The fourth-order valence-corrected chi connectivity index (χ4v) is 3.75. The smallest absolute Gasteiger partial charge is 0.346 e. The van der Waals surface area contributed by atoms with Gasteiger partial charge in [-0.3, -0.25) is 4.79 Å². The fraction of sp³-hybridized carbons (Fsp3) is 0.333. The number of aromatic carboxylic acids is 1. The van der Waals surface area contributed by atoms with Crippen molar-refractivity contribution in [3.8, 4) is 0 Å². The molecule has 7 nitrogen and oxygen atoms in total. The first-order chi connectivity index (χ1) is 8.15. The average molecular weight is 292 g/mol. The zero-order valence-electron chi connectivity index (χ0n) is 9.63. The van der Waals surface area contributed by atoms with E-state index in [1.54, 1.807) is 0 Å². The van der Waals surface area contributed by atoms with Crippen LogP contribution in [-0.4, -0.2) is 31.4 Å². The molecule has 1 unspecified atom stereocenters. The monoisotopic (exact) mass is 292 g/mol. The highest BCUT2D eigenvalue weighted by atomic mass is 32.2. The summed E-state index contributed by atoms with van der Waals surface area (Å²) in [6.45, 7) is 2.80. The molecule has 1 aromatic heterocycles. The molecule has 0 aliphatic rings. The molecule has 0 aliphatic heterocycles. The van der Waals surface area contributed by atoms with Gasteiger partial charge in [-0.05, 0) is 25.5 Å². The number of primary amides is 1. The highest BCUT2D eigenvalue weighted by Crippen LogP contribution is 2.25. The van der Waals surface area contributed by atoms with Crippen molar-refractivity contribution < 1.29 is 23.1 Å². The second kappa shape index (κ2) is 5.04. The normalized spacial score (nSPS) is 13.2. The molecular formula is C9H12N2O5S2. The van der Waals surface area contributed by atoms with Crippen molar-refractivity contribution in [3.05, 3.63) is 16.5 Å². The highest BCUT2D eigenvalue weighted by Gasteiger charge is 2.24. The van der Waals surface area contributed by atoms with E-state index in [0.29, 0.717) is 16.9 Å². The van der Waals surface area contributed by atoms with E-state index >= 15 is 0 Å². The molecule has 18 heavy (non-hydrogen) atoms. The molecule has 1 rings (SSSR count). The number of nitrogens with one attached hydrogen (secondary N) is 1. The van der Waals surface area contributed by atoms with Crippen LogP contribution in [0, 0.1) is 6.92 Å². The number of aryl methyl sites for hydroxylation is 1. The van der Waals surface area contributed by atoms with Gasteiger partial charge in [0.15, 0.2) is 0 Å². The summed E-state index contributed by atoms with van der Waals surface area (Å²) in [6.07, 6.45) is 0. The maximum atomic E-state index is 11.8. The molecule has 0 bridgehead atoms. The third kappa shape index (κ3) is 3.06. The van der Waals surface area contributed by atoms with Gasteiger partial charge in [0.1, 0.15) is 9.09 Å². The SMILES string of the molecule is Cc1cc(S(=O)(=O)NC(C)C(N)=O)sc1C(=O)O. The Morgan fingerprint density at radius 2 is 2.06 bits per heavy atom. The van der Waals surface area contributed by atoms with Crippen LogP contribution in [-0.2, 0) is 14.8 Å². The molecule has 0 saturated carbocycles. The number of rotatable bonds is 5. The third-order valence-electron chi connectivity index (χ3n) is 2.11. The second-order valence-electron chi connectivity index (χ2n) is 3.63. The molecule has 1 amide bonds. The number of amides is 1. The van der Waals surface area contributed by atoms with Crippen molar-refractivity contribution in [1.82, 2.24) is 4.72 Å². The number of hydrogen-bond donors (Lipinski definition) is 3.